The molecule has 1 saturated carbocycles. The van der Waals surface area contributed by atoms with Crippen LogP contribution in [0.5, 0.6) is 0 Å². The zero-order chi connectivity index (χ0) is 10.4. The first kappa shape index (κ1) is 11.0. The number of aliphatic hydroxyl groups excluding tert-OH is 1. The number of rotatable bonds is 6. The van der Waals surface area contributed by atoms with Gasteiger partial charge in [0, 0.05) is 18.6 Å². The molecule has 1 amide bonds. The van der Waals surface area contributed by atoms with E-state index in [-0.39, 0.29) is 31.0 Å². The number of aliphatic hydroxyl groups is 1. The molecule has 0 radical (unpaired) electrons. The summed E-state index contributed by atoms with van der Waals surface area (Å²) in [6, 6.07) is 1.83. The van der Waals surface area contributed by atoms with Gasteiger partial charge in [0.05, 0.1) is 12.6 Å². The minimum Gasteiger partial charge on any atom is -0.396 e. The molecule has 0 aliphatic heterocycles. The molecule has 0 unspecified atom stereocenters. The van der Waals surface area contributed by atoms with Crippen LogP contribution in [-0.2, 0) is 4.79 Å². The Hall–Kier alpha value is -1.12. The van der Waals surface area contributed by atoms with Crippen molar-refractivity contribution in [2.24, 2.45) is 5.41 Å². The largest absolute Gasteiger partial charge is 0.396 e. The van der Waals surface area contributed by atoms with Crippen LogP contribution in [0.25, 0.3) is 0 Å². The summed E-state index contributed by atoms with van der Waals surface area (Å²) < 4.78 is 0. The quantitative estimate of drug-likeness (QED) is 0.476. The van der Waals surface area contributed by atoms with Gasteiger partial charge >= 0.3 is 0 Å². The summed E-state index contributed by atoms with van der Waals surface area (Å²) in [5, 5.41) is 22.6. The van der Waals surface area contributed by atoms with Crippen LogP contribution >= 0.6 is 0 Å². The Bertz CT molecular complexity index is 243. The molecule has 0 aromatic heterocycles. The lowest BCUT2D eigenvalue weighted by atomic mass is 10.1. The molecule has 0 aromatic rings. The van der Waals surface area contributed by atoms with Gasteiger partial charge in [-0.1, -0.05) is 0 Å². The molecule has 0 heterocycles. The van der Waals surface area contributed by atoms with Crippen molar-refractivity contribution >= 4 is 5.91 Å². The molecule has 1 rings (SSSR count). The predicted molar refractivity (Wildman–Crippen MR) is 50.2 cm³/mol. The highest BCUT2D eigenvalue weighted by Gasteiger charge is 2.41. The Labute approximate surface area is 83.1 Å². The van der Waals surface area contributed by atoms with Crippen LogP contribution < -0.4 is 10.6 Å². The van der Waals surface area contributed by atoms with Crippen LogP contribution in [0, 0.1) is 16.7 Å². The van der Waals surface area contributed by atoms with Crippen molar-refractivity contribution in [3.63, 3.8) is 0 Å². The number of amides is 1. The fourth-order valence-electron chi connectivity index (χ4n) is 1.21. The van der Waals surface area contributed by atoms with Crippen molar-refractivity contribution in [2.75, 3.05) is 26.2 Å². The lowest BCUT2D eigenvalue weighted by molar-refractivity contribution is -0.120. The molecule has 1 fully saturated rings. The smallest absolute Gasteiger partial charge is 0.234 e. The van der Waals surface area contributed by atoms with E-state index < -0.39 is 0 Å². The number of nitrogens with one attached hydrogen (secondary N) is 2. The van der Waals surface area contributed by atoms with E-state index in [0.29, 0.717) is 6.54 Å². The molecule has 14 heavy (non-hydrogen) atoms. The molecular formula is C9H15N3O2. The molecule has 0 spiro atoms. The van der Waals surface area contributed by atoms with E-state index in [4.69, 9.17) is 10.4 Å². The fourth-order valence-corrected chi connectivity index (χ4v) is 1.21. The molecule has 0 saturated heterocycles. The lowest BCUT2D eigenvalue weighted by Crippen LogP contribution is -2.37. The molecule has 1 aliphatic carbocycles. The molecule has 0 aromatic carbocycles. The van der Waals surface area contributed by atoms with E-state index in [1.165, 1.54) is 0 Å². The van der Waals surface area contributed by atoms with E-state index in [0.717, 1.165) is 12.8 Å². The van der Waals surface area contributed by atoms with Crippen molar-refractivity contribution < 1.29 is 9.90 Å². The van der Waals surface area contributed by atoms with Crippen LogP contribution in [0.1, 0.15) is 12.8 Å². The van der Waals surface area contributed by atoms with Gasteiger partial charge in [0.25, 0.3) is 0 Å². The second-order valence-electron chi connectivity index (χ2n) is 3.70. The molecule has 0 atom stereocenters. The number of hydrogen-bond acceptors (Lipinski definition) is 4. The molecule has 0 bridgehead atoms. The molecular weight excluding hydrogens is 182 g/mol. The van der Waals surface area contributed by atoms with Gasteiger partial charge in [0.1, 0.15) is 6.54 Å². The molecule has 78 valence electrons. The van der Waals surface area contributed by atoms with E-state index in [9.17, 15) is 4.79 Å². The number of nitrogens with zero attached hydrogens (tertiary/aromatic N) is 1. The maximum atomic E-state index is 11.0. The van der Waals surface area contributed by atoms with Crippen molar-refractivity contribution in [1.29, 1.82) is 5.26 Å². The zero-order valence-electron chi connectivity index (χ0n) is 8.05. The zero-order valence-corrected chi connectivity index (χ0v) is 8.05. The maximum absolute atomic E-state index is 11.0. The van der Waals surface area contributed by atoms with Gasteiger partial charge in [-0.15, -0.1) is 0 Å². The third-order valence-corrected chi connectivity index (χ3v) is 2.44. The Morgan fingerprint density at radius 1 is 1.57 bits per heavy atom. The van der Waals surface area contributed by atoms with Gasteiger partial charge in [-0.3, -0.25) is 4.79 Å². The van der Waals surface area contributed by atoms with Crippen LogP contribution in [0.3, 0.4) is 0 Å². The highest BCUT2D eigenvalue weighted by molar-refractivity contribution is 5.78. The average molecular weight is 197 g/mol. The first-order chi connectivity index (χ1) is 6.72. The van der Waals surface area contributed by atoms with Crippen LogP contribution in [0.4, 0.5) is 0 Å². The topological polar surface area (TPSA) is 85.2 Å². The number of carbonyl (C=O) groups excluding carboxylic acids is 1. The first-order valence-corrected chi connectivity index (χ1v) is 4.68. The summed E-state index contributed by atoms with van der Waals surface area (Å²) in [4.78, 5) is 11.0. The average Bonchev–Trinajstić information content (AvgIpc) is 2.96. The number of hydrogen-bond donors (Lipinski definition) is 3. The third kappa shape index (κ3) is 3.32. The van der Waals surface area contributed by atoms with E-state index >= 15 is 0 Å². The Balaban J connectivity index is 2.04. The summed E-state index contributed by atoms with van der Waals surface area (Å²) in [5.74, 6) is -0.180. The van der Waals surface area contributed by atoms with Crippen LogP contribution in [0.2, 0.25) is 0 Å². The monoisotopic (exact) mass is 197 g/mol. The molecule has 5 nitrogen and oxygen atoms in total. The van der Waals surface area contributed by atoms with Crippen molar-refractivity contribution in [3.8, 4) is 6.07 Å². The van der Waals surface area contributed by atoms with E-state index in [2.05, 4.69) is 10.6 Å². The normalized spacial score (nSPS) is 17.1. The standard InChI is InChI=1S/C9H15N3O2/c10-3-4-12-8(14)5-11-6-9(7-13)1-2-9/h11,13H,1-2,4-7H2,(H,12,14). The minimum absolute atomic E-state index is 0.0233. The second-order valence-corrected chi connectivity index (χ2v) is 3.70. The van der Waals surface area contributed by atoms with E-state index in [1.807, 2.05) is 6.07 Å². The van der Waals surface area contributed by atoms with Gasteiger partial charge < -0.3 is 15.7 Å². The maximum Gasteiger partial charge on any atom is 0.234 e. The highest BCUT2D eigenvalue weighted by atomic mass is 16.3. The summed E-state index contributed by atoms with van der Waals surface area (Å²) in [5.41, 5.74) is 0.0233. The first-order valence-electron chi connectivity index (χ1n) is 4.68. The summed E-state index contributed by atoms with van der Waals surface area (Å²) in [6.45, 7) is 1.11. The van der Waals surface area contributed by atoms with Crippen LogP contribution in [-0.4, -0.2) is 37.3 Å². The van der Waals surface area contributed by atoms with Gasteiger partial charge in [0.15, 0.2) is 0 Å². The lowest BCUT2D eigenvalue weighted by Gasteiger charge is -2.11. The van der Waals surface area contributed by atoms with Gasteiger partial charge in [-0.05, 0) is 12.8 Å². The summed E-state index contributed by atoms with van der Waals surface area (Å²) in [7, 11) is 0. The molecule has 5 heteroatoms. The third-order valence-electron chi connectivity index (χ3n) is 2.44. The minimum atomic E-state index is -0.180. The molecule has 1 aliphatic rings. The van der Waals surface area contributed by atoms with Crippen LogP contribution in [0.15, 0.2) is 0 Å². The fraction of sp³-hybridized carbons (Fsp3) is 0.778. The van der Waals surface area contributed by atoms with Crippen molar-refractivity contribution in [3.05, 3.63) is 0 Å². The van der Waals surface area contributed by atoms with Crippen molar-refractivity contribution in [1.82, 2.24) is 10.6 Å². The second kappa shape index (κ2) is 4.94. The predicted octanol–water partition coefficient (Wildman–Crippen LogP) is -1.01. The number of carbonyl (C=O) groups is 1. The van der Waals surface area contributed by atoms with Crippen molar-refractivity contribution in [2.45, 2.75) is 12.8 Å². The summed E-state index contributed by atoms with van der Waals surface area (Å²) in [6.07, 6.45) is 2.05. The van der Waals surface area contributed by atoms with Gasteiger partial charge in [0.2, 0.25) is 5.91 Å². The Morgan fingerprint density at radius 3 is 2.79 bits per heavy atom. The molecule has 3 N–H and O–H groups in total. The highest BCUT2D eigenvalue weighted by Crippen LogP contribution is 2.44. The van der Waals surface area contributed by atoms with E-state index in [1.54, 1.807) is 0 Å². The summed E-state index contributed by atoms with van der Waals surface area (Å²) >= 11 is 0. The van der Waals surface area contributed by atoms with Gasteiger partial charge in [-0.25, -0.2) is 0 Å². The number of nitriles is 1. The Kier molecular flexibility index (Phi) is 3.86. The Morgan fingerprint density at radius 2 is 2.29 bits per heavy atom. The van der Waals surface area contributed by atoms with Gasteiger partial charge in [-0.2, -0.15) is 5.26 Å². The SMILES string of the molecule is N#CCNC(=O)CNCC1(CO)CC1.